The third-order valence-corrected chi connectivity index (χ3v) is 5.08. The van der Waals surface area contributed by atoms with Gasteiger partial charge in [-0.25, -0.2) is 4.79 Å². The van der Waals surface area contributed by atoms with Crippen LogP contribution in [0.25, 0.3) is 0 Å². The van der Waals surface area contributed by atoms with Crippen molar-refractivity contribution in [2.45, 2.75) is 25.2 Å². The van der Waals surface area contributed by atoms with E-state index < -0.39 is 5.91 Å². The summed E-state index contributed by atoms with van der Waals surface area (Å²) in [5.74, 6) is -0.106. The Bertz CT molecular complexity index is 795. The summed E-state index contributed by atoms with van der Waals surface area (Å²) in [5.41, 5.74) is 7.37. The molecule has 0 aromatic heterocycles. The van der Waals surface area contributed by atoms with Crippen LogP contribution in [-0.2, 0) is 0 Å². The number of likely N-dealkylation sites (tertiary alicyclic amines) is 1. The number of benzene rings is 2. The van der Waals surface area contributed by atoms with E-state index in [-0.39, 0.29) is 16.6 Å². The van der Waals surface area contributed by atoms with E-state index in [2.05, 4.69) is 29.6 Å². The molecule has 1 atom stereocenters. The number of hydrogen-bond acceptors (Lipinski definition) is 2. The zero-order valence-corrected chi connectivity index (χ0v) is 15.2. The number of urea groups is 1. The number of rotatable bonds is 3. The molecule has 2 aromatic carbocycles. The van der Waals surface area contributed by atoms with Crippen molar-refractivity contribution in [1.29, 1.82) is 0 Å². The predicted octanol–water partition coefficient (Wildman–Crippen LogP) is 4.24. The number of hydrogen-bond donors (Lipinski definition) is 2. The summed E-state index contributed by atoms with van der Waals surface area (Å²) in [6.07, 6.45) is 2.99. The Balaban J connectivity index is 1.62. The van der Waals surface area contributed by atoms with Gasteiger partial charge in [0.15, 0.2) is 0 Å². The first kappa shape index (κ1) is 18.3. The van der Waals surface area contributed by atoms with Gasteiger partial charge in [0.2, 0.25) is 5.91 Å². The minimum absolute atomic E-state index is 0.151. The second kappa shape index (κ2) is 8.23. The monoisotopic (exact) mass is 371 g/mol. The van der Waals surface area contributed by atoms with Crippen molar-refractivity contribution in [1.82, 2.24) is 4.90 Å². The van der Waals surface area contributed by atoms with Crippen LogP contribution in [0.2, 0.25) is 5.02 Å². The van der Waals surface area contributed by atoms with Gasteiger partial charge in [0, 0.05) is 18.8 Å². The quantitative estimate of drug-likeness (QED) is 0.846. The van der Waals surface area contributed by atoms with Crippen molar-refractivity contribution in [3.63, 3.8) is 0 Å². The lowest BCUT2D eigenvalue weighted by molar-refractivity contribution is 0.100. The van der Waals surface area contributed by atoms with Crippen molar-refractivity contribution < 1.29 is 9.59 Å². The summed E-state index contributed by atoms with van der Waals surface area (Å²) in [4.78, 5) is 25.6. The summed E-state index contributed by atoms with van der Waals surface area (Å²) in [6.45, 7) is 1.43. The summed E-state index contributed by atoms with van der Waals surface area (Å²) in [7, 11) is 0. The molecule has 2 aromatic rings. The Kier molecular flexibility index (Phi) is 5.78. The average Bonchev–Trinajstić information content (AvgIpc) is 2.88. The lowest BCUT2D eigenvalue weighted by atomic mass is 9.92. The summed E-state index contributed by atoms with van der Waals surface area (Å²) in [6, 6.07) is 15.0. The fourth-order valence-electron chi connectivity index (χ4n) is 3.35. The first-order valence-electron chi connectivity index (χ1n) is 8.75. The smallest absolute Gasteiger partial charge is 0.321 e. The van der Waals surface area contributed by atoms with Gasteiger partial charge in [-0.15, -0.1) is 0 Å². The highest BCUT2D eigenvalue weighted by molar-refractivity contribution is 6.34. The predicted molar refractivity (Wildman–Crippen MR) is 104 cm³/mol. The molecule has 3 amide bonds. The number of anilines is 1. The van der Waals surface area contributed by atoms with E-state index in [1.54, 1.807) is 12.1 Å². The number of primary amides is 1. The Morgan fingerprint density at radius 3 is 2.54 bits per heavy atom. The van der Waals surface area contributed by atoms with Gasteiger partial charge in [0.05, 0.1) is 10.6 Å². The van der Waals surface area contributed by atoms with Crippen LogP contribution < -0.4 is 11.1 Å². The van der Waals surface area contributed by atoms with Crippen LogP contribution in [-0.4, -0.2) is 29.9 Å². The van der Waals surface area contributed by atoms with Crippen LogP contribution in [0.1, 0.15) is 41.1 Å². The molecule has 0 unspecified atom stereocenters. The van der Waals surface area contributed by atoms with Crippen molar-refractivity contribution in [2.75, 3.05) is 18.4 Å². The van der Waals surface area contributed by atoms with Gasteiger partial charge in [-0.05, 0) is 48.9 Å². The van der Waals surface area contributed by atoms with E-state index in [0.717, 1.165) is 25.8 Å². The molecule has 26 heavy (non-hydrogen) atoms. The number of halogens is 1. The van der Waals surface area contributed by atoms with Crippen molar-refractivity contribution >= 4 is 29.2 Å². The number of nitrogens with two attached hydrogens (primary N) is 1. The highest BCUT2D eigenvalue weighted by atomic mass is 35.5. The molecule has 1 heterocycles. The topological polar surface area (TPSA) is 75.4 Å². The van der Waals surface area contributed by atoms with Gasteiger partial charge in [0.1, 0.15) is 0 Å². The maximum atomic E-state index is 12.6. The molecule has 3 N–H and O–H groups in total. The maximum Gasteiger partial charge on any atom is 0.321 e. The molecule has 0 aliphatic carbocycles. The zero-order chi connectivity index (χ0) is 18.5. The van der Waals surface area contributed by atoms with Gasteiger partial charge in [-0.1, -0.05) is 41.9 Å². The molecule has 0 spiro atoms. The molecule has 136 valence electrons. The lowest BCUT2D eigenvalue weighted by Crippen LogP contribution is -2.35. The molecular weight excluding hydrogens is 350 g/mol. The van der Waals surface area contributed by atoms with Crippen LogP contribution in [0.15, 0.2) is 48.5 Å². The summed E-state index contributed by atoms with van der Waals surface area (Å²) >= 11 is 6.04. The molecule has 5 nitrogen and oxygen atoms in total. The first-order chi connectivity index (χ1) is 12.5. The Morgan fingerprint density at radius 2 is 1.85 bits per heavy atom. The SMILES string of the molecule is NC(=O)c1ccc(NC(=O)N2CCC[C@@H](c3ccccc3)CC2)cc1Cl. The fourth-order valence-corrected chi connectivity index (χ4v) is 3.63. The third kappa shape index (κ3) is 4.35. The van der Waals surface area contributed by atoms with Gasteiger partial charge in [-0.3, -0.25) is 4.79 Å². The average molecular weight is 372 g/mol. The van der Waals surface area contributed by atoms with E-state index in [1.165, 1.54) is 11.6 Å². The van der Waals surface area contributed by atoms with Crippen LogP contribution in [0, 0.1) is 0 Å². The molecule has 1 saturated heterocycles. The minimum atomic E-state index is -0.590. The molecule has 3 rings (SSSR count). The van der Waals surface area contributed by atoms with E-state index >= 15 is 0 Å². The second-order valence-corrected chi connectivity index (χ2v) is 6.92. The van der Waals surface area contributed by atoms with E-state index in [1.807, 2.05) is 11.0 Å². The third-order valence-electron chi connectivity index (χ3n) is 4.77. The molecule has 1 aliphatic heterocycles. The van der Waals surface area contributed by atoms with Gasteiger partial charge in [-0.2, -0.15) is 0 Å². The number of nitrogens with one attached hydrogen (secondary N) is 1. The van der Waals surface area contributed by atoms with Crippen molar-refractivity contribution in [2.24, 2.45) is 5.73 Å². The molecular formula is C20H22ClN3O2. The molecule has 0 bridgehead atoms. The van der Waals surface area contributed by atoms with E-state index in [4.69, 9.17) is 17.3 Å². The molecule has 1 fully saturated rings. The summed E-state index contributed by atoms with van der Waals surface area (Å²) < 4.78 is 0. The first-order valence-corrected chi connectivity index (χ1v) is 9.12. The molecule has 6 heteroatoms. The fraction of sp³-hybridized carbons (Fsp3) is 0.300. The minimum Gasteiger partial charge on any atom is -0.366 e. The maximum absolute atomic E-state index is 12.6. The Labute approximate surface area is 158 Å². The highest BCUT2D eigenvalue weighted by Crippen LogP contribution is 2.28. The van der Waals surface area contributed by atoms with Crippen LogP contribution in [0.3, 0.4) is 0 Å². The van der Waals surface area contributed by atoms with Crippen LogP contribution in [0.4, 0.5) is 10.5 Å². The van der Waals surface area contributed by atoms with E-state index in [0.29, 0.717) is 18.2 Å². The largest absolute Gasteiger partial charge is 0.366 e. The van der Waals surface area contributed by atoms with E-state index in [9.17, 15) is 9.59 Å². The summed E-state index contributed by atoms with van der Waals surface area (Å²) in [5, 5.41) is 3.08. The molecule has 1 aliphatic rings. The Hall–Kier alpha value is -2.53. The van der Waals surface area contributed by atoms with Gasteiger partial charge in [0.25, 0.3) is 0 Å². The normalized spacial score (nSPS) is 17.4. The number of carbonyl (C=O) groups excluding carboxylic acids is 2. The highest BCUT2D eigenvalue weighted by Gasteiger charge is 2.21. The zero-order valence-electron chi connectivity index (χ0n) is 14.5. The second-order valence-electron chi connectivity index (χ2n) is 6.51. The van der Waals surface area contributed by atoms with Crippen molar-refractivity contribution in [3.05, 3.63) is 64.7 Å². The number of carbonyl (C=O) groups is 2. The number of nitrogens with zero attached hydrogens (tertiary/aromatic N) is 1. The van der Waals surface area contributed by atoms with Crippen LogP contribution in [0.5, 0.6) is 0 Å². The standard InChI is InChI=1S/C20H22ClN3O2/c21-18-13-16(8-9-17(18)19(22)25)23-20(26)24-11-4-7-15(10-12-24)14-5-2-1-3-6-14/h1-3,5-6,8-9,13,15H,4,7,10-12H2,(H2,22,25)(H,23,26)/t15-/m1/s1. The molecule has 0 saturated carbocycles. The van der Waals surface area contributed by atoms with Crippen LogP contribution >= 0.6 is 11.6 Å². The lowest BCUT2D eigenvalue weighted by Gasteiger charge is -2.21. The van der Waals surface area contributed by atoms with Crippen molar-refractivity contribution in [3.8, 4) is 0 Å². The molecule has 0 radical (unpaired) electrons. The number of amides is 3. The van der Waals surface area contributed by atoms with Gasteiger partial charge >= 0.3 is 6.03 Å². The Morgan fingerprint density at radius 1 is 1.08 bits per heavy atom. The van der Waals surface area contributed by atoms with Gasteiger partial charge < -0.3 is 16.0 Å².